The molecule has 0 fully saturated rings. The first-order chi connectivity index (χ1) is 6.56. The highest BCUT2D eigenvalue weighted by atomic mass is 32.1. The number of nitrogens with two attached hydrogens (primary N) is 1. The lowest BCUT2D eigenvalue weighted by Crippen LogP contribution is -2.21. The molecule has 78 valence electrons. The molecule has 0 aliphatic heterocycles. The summed E-state index contributed by atoms with van der Waals surface area (Å²) in [6, 6.07) is 1.71. The normalized spacial score (nSPS) is 15.1. The number of aryl methyl sites for hydroxylation is 1. The van der Waals surface area contributed by atoms with Crippen LogP contribution in [0, 0.1) is 6.92 Å². The summed E-state index contributed by atoms with van der Waals surface area (Å²) < 4.78 is 0. The summed E-state index contributed by atoms with van der Waals surface area (Å²) in [4.78, 5) is 3.98. The topological polar surface area (TPSA) is 79.4 Å². The lowest BCUT2D eigenvalue weighted by atomic mass is 10.1. The Morgan fingerprint density at radius 3 is 2.71 bits per heavy atom. The molecule has 1 aromatic rings. The molecule has 0 bridgehead atoms. The first-order valence-corrected chi connectivity index (χ1v) is 4.88. The molecule has 5 heteroatoms. The SMILES string of the molecule is Cc1cc(N)cnc1C(O)C(O)CS. The fourth-order valence-corrected chi connectivity index (χ4v) is 1.40. The highest BCUT2D eigenvalue weighted by molar-refractivity contribution is 7.80. The summed E-state index contributed by atoms with van der Waals surface area (Å²) in [6.07, 6.45) is -0.460. The number of pyridine rings is 1. The standard InChI is InChI=1S/C9H14N2O2S/c1-5-2-6(10)3-11-8(5)9(13)7(12)4-14/h2-3,7,9,12-14H,4,10H2,1H3. The Morgan fingerprint density at radius 1 is 1.57 bits per heavy atom. The summed E-state index contributed by atoms with van der Waals surface area (Å²) in [6.45, 7) is 1.78. The minimum absolute atomic E-state index is 0.187. The van der Waals surface area contributed by atoms with Gasteiger partial charge in [0.15, 0.2) is 0 Å². The molecule has 4 nitrogen and oxygen atoms in total. The number of anilines is 1. The van der Waals surface area contributed by atoms with Crippen molar-refractivity contribution >= 4 is 18.3 Å². The van der Waals surface area contributed by atoms with Crippen LogP contribution in [-0.2, 0) is 0 Å². The van der Waals surface area contributed by atoms with Gasteiger partial charge in [0.25, 0.3) is 0 Å². The van der Waals surface area contributed by atoms with Crippen LogP contribution >= 0.6 is 12.6 Å². The van der Waals surface area contributed by atoms with Crippen molar-refractivity contribution in [2.75, 3.05) is 11.5 Å². The number of hydrogen-bond acceptors (Lipinski definition) is 5. The van der Waals surface area contributed by atoms with Crippen LogP contribution in [0.1, 0.15) is 17.4 Å². The van der Waals surface area contributed by atoms with Gasteiger partial charge in [0.2, 0.25) is 0 Å². The van der Waals surface area contributed by atoms with Gasteiger partial charge in [-0.15, -0.1) is 0 Å². The Balaban J connectivity index is 2.95. The second kappa shape index (κ2) is 4.63. The molecule has 0 aliphatic carbocycles. The van der Waals surface area contributed by atoms with Gasteiger partial charge in [0.1, 0.15) is 6.10 Å². The van der Waals surface area contributed by atoms with Crippen molar-refractivity contribution in [3.63, 3.8) is 0 Å². The molecule has 2 atom stereocenters. The lowest BCUT2D eigenvalue weighted by Gasteiger charge is -2.17. The highest BCUT2D eigenvalue weighted by Gasteiger charge is 2.19. The predicted molar refractivity (Wildman–Crippen MR) is 58.2 cm³/mol. The van der Waals surface area contributed by atoms with Crippen molar-refractivity contribution < 1.29 is 10.2 Å². The van der Waals surface area contributed by atoms with E-state index in [1.54, 1.807) is 13.0 Å². The Bertz CT molecular complexity index is 320. The Hall–Kier alpha value is -0.780. The van der Waals surface area contributed by atoms with Gasteiger partial charge in [-0.1, -0.05) is 0 Å². The van der Waals surface area contributed by atoms with Gasteiger partial charge in [-0.2, -0.15) is 12.6 Å². The Morgan fingerprint density at radius 2 is 2.21 bits per heavy atom. The maximum atomic E-state index is 9.66. The third-order valence-electron chi connectivity index (χ3n) is 1.97. The quantitative estimate of drug-likeness (QED) is 0.546. The average Bonchev–Trinajstić information content (AvgIpc) is 2.15. The zero-order valence-electron chi connectivity index (χ0n) is 7.88. The number of aromatic nitrogens is 1. The van der Waals surface area contributed by atoms with E-state index >= 15 is 0 Å². The maximum Gasteiger partial charge on any atom is 0.123 e. The number of rotatable bonds is 3. The van der Waals surface area contributed by atoms with Crippen LogP contribution in [0.3, 0.4) is 0 Å². The smallest absolute Gasteiger partial charge is 0.123 e. The van der Waals surface area contributed by atoms with Crippen LogP contribution in [-0.4, -0.2) is 27.1 Å². The molecule has 0 aromatic carbocycles. The highest BCUT2D eigenvalue weighted by Crippen LogP contribution is 2.20. The second-order valence-corrected chi connectivity index (χ2v) is 3.53. The molecule has 0 amide bonds. The van der Waals surface area contributed by atoms with Crippen LogP contribution in [0.15, 0.2) is 12.3 Å². The van der Waals surface area contributed by atoms with Crippen molar-refractivity contribution in [3.8, 4) is 0 Å². The van der Waals surface area contributed by atoms with Crippen molar-refractivity contribution in [3.05, 3.63) is 23.5 Å². The number of aliphatic hydroxyl groups is 2. The molecular formula is C9H14N2O2S. The Labute approximate surface area is 88.2 Å². The molecule has 0 saturated carbocycles. The number of nitrogen functional groups attached to an aromatic ring is 1. The minimum Gasteiger partial charge on any atom is -0.397 e. The molecule has 4 N–H and O–H groups in total. The van der Waals surface area contributed by atoms with Crippen molar-refractivity contribution in [2.24, 2.45) is 0 Å². The van der Waals surface area contributed by atoms with E-state index in [1.807, 2.05) is 0 Å². The molecular weight excluding hydrogens is 200 g/mol. The summed E-state index contributed by atoms with van der Waals surface area (Å²) >= 11 is 3.90. The van der Waals surface area contributed by atoms with Crippen molar-refractivity contribution in [1.29, 1.82) is 0 Å². The van der Waals surface area contributed by atoms with Crippen LogP contribution in [0.25, 0.3) is 0 Å². The van der Waals surface area contributed by atoms with E-state index in [2.05, 4.69) is 17.6 Å². The van der Waals surface area contributed by atoms with E-state index < -0.39 is 12.2 Å². The largest absolute Gasteiger partial charge is 0.397 e. The van der Waals surface area contributed by atoms with Crippen LogP contribution in [0.2, 0.25) is 0 Å². The van der Waals surface area contributed by atoms with E-state index in [9.17, 15) is 10.2 Å². The van der Waals surface area contributed by atoms with E-state index in [0.717, 1.165) is 5.56 Å². The third-order valence-corrected chi connectivity index (χ3v) is 2.35. The van der Waals surface area contributed by atoms with Gasteiger partial charge >= 0.3 is 0 Å². The van der Waals surface area contributed by atoms with Gasteiger partial charge in [-0.25, -0.2) is 0 Å². The first kappa shape index (κ1) is 11.3. The number of hydrogen-bond donors (Lipinski definition) is 4. The fraction of sp³-hybridized carbons (Fsp3) is 0.444. The van der Waals surface area contributed by atoms with Gasteiger partial charge in [-0.05, 0) is 18.6 Å². The van der Waals surface area contributed by atoms with Gasteiger partial charge < -0.3 is 15.9 Å². The first-order valence-electron chi connectivity index (χ1n) is 4.25. The lowest BCUT2D eigenvalue weighted by molar-refractivity contribution is 0.0306. The molecule has 0 aliphatic rings. The molecule has 0 saturated heterocycles. The number of nitrogens with zero attached hydrogens (tertiary/aromatic N) is 1. The summed E-state index contributed by atoms with van der Waals surface area (Å²) in [5, 5.41) is 19.0. The fourth-order valence-electron chi connectivity index (χ4n) is 1.20. The summed E-state index contributed by atoms with van der Waals surface area (Å²) in [5.74, 6) is 0.187. The van der Waals surface area contributed by atoms with E-state index in [4.69, 9.17) is 5.73 Å². The molecule has 1 rings (SSSR count). The van der Waals surface area contributed by atoms with E-state index in [-0.39, 0.29) is 5.75 Å². The van der Waals surface area contributed by atoms with Crippen LogP contribution in [0.5, 0.6) is 0 Å². The van der Waals surface area contributed by atoms with Gasteiger partial charge in [0, 0.05) is 5.75 Å². The van der Waals surface area contributed by atoms with E-state index in [1.165, 1.54) is 6.20 Å². The van der Waals surface area contributed by atoms with E-state index in [0.29, 0.717) is 11.4 Å². The molecule has 1 heterocycles. The van der Waals surface area contributed by atoms with Crippen LogP contribution in [0.4, 0.5) is 5.69 Å². The second-order valence-electron chi connectivity index (χ2n) is 3.17. The minimum atomic E-state index is -1.01. The number of aliphatic hydroxyl groups excluding tert-OH is 2. The molecule has 14 heavy (non-hydrogen) atoms. The maximum absolute atomic E-state index is 9.66. The van der Waals surface area contributed by atoms with Crippen molar-refractivity contribution in [1.82, 2.24) is 4.98 Å². The molecule has 1 aromatic heterocycles. The molecule has 2 unspecified atom stereocenters. The van der Waals surface area contributed by atoms with Crippen LogP contribution < -0.4 is 5.73 Å². The molecule has 0 radical (unpaired) electrons. The summed E-state index contributed by atoms with van der Waals surface area (Å²) in [5.41, 5.74) is 7.26. The Kier molecular flexibility index (Phi) is 3.74. The average molecular weight is 214 g/mol. The van der Waals surface area contributed by atoms with Crippen molar-refractivity contribution in [2.45, 2.75) is 19.1 Å². The predicted octanol–water partition coefficient (Wildman–Crippen LogP) is 0.296. The monoisotopic (exact) mass is 214 g/mol. The molecule has 0 spiro atoms. The van der Waals surface area contributed by atoms with Gasteiger partial charge in [-0.3, -0.25) is 4.98 Å². The zero-order chi connectivity index (χ0) is 10.7. The summed E-state index contributed by atoms with van der Waals surface area (Å²) in [7, 11) is 0. The van der Waals surface area contributed by atoms with Gasteiger partial charge in [0.05, 0.1) is 23.7 Å². The third kappa shape index (κ3) is 2.37. The zero-order valence-corrected chi connectivity index (χ0v) is 8.78. The number of thiol groups is 1.